The number of carbonyl (C=O) groups is 1. The molecule has 5 aromatic rings. The molecule has 1 amide bonds. The maximum absolute atomic E-state index is 13.5. The molecule has 4 heterocycles. The average molecular weight is 649 g/mol. The standard InChI is InChI=1S/C37H37ClN6OS/c1-22-29(19-39-44(22)21-37-16-23-13-24(17-37)15-25(14-23)18-37)27-9-10-33(41-34(27)38)43-12-11-26-5-4-6-28(30(26)20-43)35(45)42-36-40-31-7-2-3-8-32(31)46-36/h2-10,19,23-25H,11-18,20-21H2,1H3,(H,40,42,45). The predicted molar refractivity (Wildman–Crippen MR) is 185 cm³/mol. The number of rotatable bonds is 6. The molecule has 0 atom stereocenters. The first kappa shape index (κ1) is 28.5. The van der Waals surface area contributed by atoms with Crippen molar-refractivity contribution in [2.45, 2.75) is 65.0 Å². The van der Waals surface area contributed by atoms with Crippen molar-refractivity contribution in [1.82, 2.24) is 19.7 Å². The predicted octanol–water partition coefficient (Wildman–Crippen LogP) is 8.55. The van der Waals surface area contributed by atoms with Crippen LogP contribution >= 0.6 is 22.9 Å². The number of amides is 1. The molecule has 46 heavy (non-hydrogen) atoms. The van der Waals surface area contributed by atoms with Gasteiger partial charge in [0.05, 0.1) is 16.4 Å². The first-order chi connectivity index (χ1) is 22.4. The lowest BCUT2D eigenvalue weighted by Crippen LogP contribution is -2.48. The van der Waals surface area contributed by atoms with Crippen LogP contribution in [-0.4, -0.2) is 32.2 Å². The molecule has 234 valence electrons. The maximum atomic E-state index is 13.5. The number of para-hydroxylation sites is 1. The zero-order valence-electron chi connectivity index (χ0n) is 26.0. The minimum absolute atomic E-state index is 0.139. The molecule has 7 nitrogen and oxygen atoms in total. The van der Waals surface area contributed by atoms with Crippen molar-refractivity contribution in [2.75, 3.05) is 16.8 Å². The highest BCUT2D eigenvalue weighted by Crippen LogP contribution is 2.60. The Kier molecular flexibility index (Phi) is 6.76. The minimum atomic E-state index is -0.139. The van der Waals surface area contributed by atoms with Gasteiger partial charge in [0.25, 0.3) is 5.91 Å². The van der Waals surface area contributed by atoms with E-state index in [9.17, 15) is 4.79 Å². The van der Waals surface area contributed by atoms with Crippen molar-refractivity contribution in [2.24, 2.45) is 23.2 Å². The summed E-state index contributed by atoms with van der Waals surface area (Å²) in [6.45, 7) is 4.59. The number of benzene rings is 2. The number of nitrogens with one attached hydrogen (secondary N) is 1. The molecule has 4 fully saturated rings. The van der Waals surface area contributed by atoms with Crippen LogP contribution in [0.3, 0.4) is 0 Å². The second-order valence-electron chi connectivity index (χ2n) is 14.3. The molecular weight excluding hydrogens is 612 g/mol. The second kappa shape index (κ2) is 10.9. The number of halogens is 1. The summed E-state index contributed by atoms with van der Waals surface area (Å²) in [4.78, 5) is 25.2. The maximum Gasteiger partial charge on any atom is 0.257 e. The molecule has 1 N–H and O–H groups in total. The fourth-order valence-corrected chi connectivity index (χ4v) is 10.7. The molecule has 0 radical (unpaired) electrons. The van der Waals surface area contributed by atoms with E-state index in [2.05, 4.69) is 45.0 Å². The van der Waals surface area contributed by atoms with Gasteiger partial charge in [0.2, 0.25) is 0 Å². The highest BCUT2D eigenvalue weighted by molar-refractivity contribution is 7.22. The van der Waals surface area contributed by atoms with Gasteiger partial charge in [-0.25, -0.2) is 9.97 Å². The third-order valence-corrected chi connectivity index (χ3v) is 12.5. The van der Waals surface area contributed by atoms with Gasteiger partial charge in [-0.1, -0.05) is 47.2 Å². The summed E-state index contributed by atoms with van der Waals surface area (Å²) in [6, 6.07) is 18.1. The summed E-state index contributed by atoms with van der Waals surface area (Å²) in [6.07, 6.45) is 11.3. The Bertz CT molecular complexity index is 1930. The molecule has 0 spiro atoms. The van der Waals surface area contributed by atoms with Crippen LogP contribution in [0.15, 0.2) is 60.8 Å². The van der Waals surface area contributed by atoms with Crippen LogP contribution in [-0.2, 0) is 19.5 Å². The number of nitrogens with zero attached hydrogens (tertiary/aromatic N) is 5. The van der Waals surface area contributed by atoms with E-state index in [1.54, 1.807) is 0 Å². The Hall–Kier alpha value is -3.75. The number of pyridine rings is 1. The number of thiazole rings is 1. The largest absolute Gasteiger partial charge is 0.352 e. The van der Waals surface area contributed by atoms with Crippen molar-refractivity contribution < 1.29 is 4.79 Å². The molecule has 0 unspecified atom stereocenters. The first-order valence-corrected chi connectivity index (χ1v) is 17.8. The Balaban J connectivity index is 0.936. The van der Waals surface area contributed by atoms with Crippen molar-refractivity contribution in [3.63, 3.8) is 0 Å². The van der Waals surface area contributed by atoms with Crippen LogP contribution in [0.5, 0.6) is 0 Å². The average Bonchev–Trinajstić information content (AvgIpc) is 3.61. The van der Waals surface area contributed by atoms with Gasteiger partial charge in [-0.05, 0) is 116 Å². The lowest BCUT2D eigenvalue weighted by Gasteiger charge is -2.56. The molecule has 1 aliphatic heterocycles. The monoisotopic (exact) mass is 648 g/mol. The van der Waals surface area contributed by atoms with Gasteiger partial charge >= 0.3 is 0 Å². The van der Waals surface area contributed by atoms with Crippen LogP contribution in [0.4, 0.5) is 10.9 Å². The molecule has 10 rings (SSSR count). The van der Waals surface area contributed by atoms with Crippen molar-refractivity contribution in [3.8, 4) is 11.1 Å². The number of anilines is 2. The topological polar surface area (TPSA) is 75.9 Å². The minimum Gasteiger partial charge on any atom is -0.352 e. The molecule has 4 aliphatic carbocycles. The third kappa shape index (κ3) is 4.92. The zero-order chi connectivity index (χ0) is 31.0. The highest BCUT2D eigenvalue weighted by atomic mass is 35.5. The number of carbonyl (C=O) groups excluding carboxylic acids is 1. The Morgan fingerprint density at radius 1 is 0.978 bits per heavy atom. The highest BCUT2D eigenvalue weighted by Gasteiger charge is 2.51. The van der Waals surface area contributed by atoms with E-state index in [1.165, 1.54) is 61.1 Å². The fourth-order valence-electron chi connectivity index (χ4n) is 9.55. The van der Waals surface area contributed by atoms with Crippen LogP contribution in [0.2, 0.25) is 5.15 Å². The zero-order valence-corrected chi connectivity index (χ0v) is 27.6. The summed E-state index contributed by atoms with van der Waals surface area (Å²) in [5, 5.41) is 9.03. The van der Waals surface area contributed by atoms with E-state index in [-0.39, 0.29) is 5.91 Å². The number of hydrogen-bond acceptors (Lipinski definition) is 6. The summed E-state index contributed by atoms with van der Waals surface area (Å²) in [5.74, 6) is 3.47. The van der Waals surface area contributed by atoms with Gasteiger partial charge in [-0.3, -0.25) is 14.8 Å². The number of fused-ring (bicyclic) bond motifs is 2. The smallest absolute Gasteiger partial charge is 0.257 e. The molecule has 5 aliphatic rings. The summed E-state index contributed by atoms with van der Waals surface area (Å²) in [7, 11) is 0. The van der Waals surface area contributed by atoms with Gasteiger partial charge in [-0.2, -0.15) is 5.10 Å². The van der Waals surface area contributed by atoms with Gasteiger partial charge in [0.1, 0.15) is 11.0 Å². The van der Waals surface area contributed by atoms with E-state index < -0.39 is 0 Å². The van der Waals surface area contributed by atoms with Crippen molar-refractivity contribution in [3.05, 3.63) is 88.3 Å². The van der Waals surface area contributed by atoms with Gasteiger partial charge < -0.3 is 4.90 Å². The van der Waals surface area contributed by atoms with Crippen LogP contribution in [0, 0.1) is 30.1 Å². The molecule has 4 bridgehead atoms. The summed E-state index contributed by atoms with van der Waals surface area (Å²) < 4.78 is 3.30. The normalized spacial score (nSPS) is 24.8. The molecule has 3 aromatic heterocycles. The first-order valence-electron chi connectivity index (χ1n) is 16.6. The second-order valence-corrected chi connectivity index (χ2v) is 15.7. The molecule has 4 saturated carbocycles. The molecular formula is C37H37ClN6OS. The van der Waals surface area contributed by atoms with Crippen molar-refractivity contribution in [1.29, 1.82) is 0 Å². The Labute approximate surface area is 278 Å². The Morgan fingerprint density at radius 3 is 2.52 bits per heavy atom. The quantitative estimate of drug-likeness (QED) is 0.187. The molecule has 0 saturated heterocycles. The fraction of sp³-hybridized carbons (Fsp3) is 0.405. The molecule has 9 heteroatoms. The van der Waals surface area contributed by atoms with Crippen LogP contribution in [0.25, 0.3) is 21.3 Å². The van der Waals surface area contributed by atoms with E-state index in [4.69, 9.17) is 21.7 Å². The molecule has 2 aromatic carbocycles. The number of aromatic nitrogens is 4. The van der Waals surface area contributed by atoms with E-state index >= 15 is 0 Å². The SMILES string of the molecule is Cc1c(-c2ccc(N3CCc4cccc(C(=O)Nc5nc6ccccc6s5)c4C3)nc2Cl)cnn1CC12CC3CC(CC(C3)C1)C2. The summed E-state index contributed by atoms with van der Waals surface area (Å²) >= 11 is 8.41. The summed E-state index contributed by atoms with van der Waals surface area (Å²) in [5.41, 5.74) is 7.35. The van der Waals surface area contributed by atoms with Gasteiger partial charge in [-0.15, -0.1) is 0 Å². The van der Waals surface area contributed by atoms with Crippen LogP contribution < -0.4 is 10.2 Å². The van der Waals surface area contributed by atoms with E-state index in [0.29, 0.717) is 27.8 Å². The van der Waals surface area contributed by atoms with Crippen LogP contribution in [0.1, 0.15) is 65.7 Å². The lowest BCUT2D eigenvalue weighted by molar-refractivity contribution is -0.0638. The van der Waals surface area contributed by atoms with E-state index in [0.717, 1.165) is 70.0 Å². The lowest BCUT2D eigenvalue weighted by atomic mass is 9.49. The number of hydrogen-bond donors (Lipinski definition) is 1. The third-order valence-electron chi connectivity index (χ3n) is 11.2. The Morgan fingerprint density at radius 2 is 1.76 bits per heavy atom. The van der Waals surface area contributed by atoms with Crippen molar-refractivity contribution >= 4 is 50.0 Å². The van der Waals surface area contributed by atoms with Gasteiger partial charge in [0, 0.05) is 42.0 Å². The van der Waals surface area contributed by atoms with Gasteiger partial charge in [0.15, 0.2) is 5.13 Å². The van der Waals surface area contributed by atoms with E-state index in [1.807, 2.05) is 42.6 Å².